The van der Waals surface area contributed by atoms with Crippen molar-refractivity contribution in [3.63, 3.8) is 0 Å². The Kier molecular flexibility index (Phi) is 7.85. The SMILES string of the molecule is O=P([O-])([O-])C(F)(F)C[C@H]1OC(O)[C@H](O)[C@@H](O)[C@@H]1O.[NH4+].[NH4+]. The predicted molar refractivity (Wildman–Crippen MR) is 58.0 cm³/mol. The van der Waals surface area contributed by atoms with Crippen LogP contribution in [0.4, 0.5) is 8.78 Å². The minimum atomic E-state index is -6.27. The molecule has 13 heteroatoms. The van der Waals surface area contributed by atoms with Crippen LogP contribution >= 0.6 is 7.60 Å². The van der Waals surface area contributed by atoms with E-state index in [-0.39, 0.29) is 12.3 Å². The van der Waals surface area contributed by atoms with E-state index >= 15 is 0 Å². The largest absolute Gasteiger partial charge is 0.807 e. The third-order valence-corrected chi connectivity index (χ3v) is 3.52. The topological polar surface area (TPSA) is 226 Å². The van der Waals surface area contributed by atoms with Crippen LogP contribution in [0.2, 0.25) is 0 Å². The Hall–Kier alpha value is -0.270. The molecular weight excluding hydrogens is 309 g/mol. The number of halogens is 2. The fourth-order valence-electron chi connectivity index (χ4n) is 1.45. The molecular formula is C7H19F2N2O8P. The Labute approximate surface area is 112 Å². The lowest BCUT2D eigenvalue weighted by Gasteiger charge is -2.43. The summed E-state index contributed by atoms with van der Waals surface area (Å²) in [7, 11) is -6.27. The Morgan fingerprint density at radius 1 is 1.05 bits per heavy atom. The Bertz CT molecular complexity index is 356. The van der Waals surface area contributed by atoms with Crippen molar-refractivity contribution >= 4 is 7.60 Å². The van der Waals surface area contributed by atoms with E-state index in [9.17, 15) is 33.3 Å². The van der Waals surface area contributed by atoms with Crippen LogP contribution in [0.3, 0.4) is 0 Å². The van der Waals surface area contributed by atoms with Crippen molar-refractivity contribution in [2.75, 3.05) is 0 Å². The highest BCUT2D eigenvalue weighted by molar-refractivity contribution is 7.50. The van der Waals surface area contributed by atoms with Gasteiger partial charge in [-0.05, 0) is 0 Å². The van der Waals surface area contributed by atoms with E-state index in [1.54, 1.807) is 0 Å². The first-order valence-electron chi connectivity index (χ1n) is 4.75. The van der Waals surface area contributed by atoms with Crippen molar-refractivity contribution in [3.8, 4) is 0 Å². The molecule has 124 valence electrons. The van der Waals surface area contributed by atoms with Gasteiger partial charge in [-0.3, -0.25) is 0 Å². The van der Waals surface area contributed by atoms with Crippen LogP contribution in [-0.4, -0.2) is 56.8 Å². The Morgan fingerprint density at radius 3 is 1.90 bits per heavy atom. The molecule has 0 amide bonds. The summed E-state index contributed by atoms with van der Waals surface area (Å²) in [5.74, 6) is 0. The van der Waals surface area contributed by atoms with Crippen LogP contribution in [0.5, 0.6) is 0 Å². The summed E-state index contributed by atoms with van der Waals surface area (Å²) >= 11 is 0. The van der Waals surface area contributed by atoms with Crippen molar-refractivity contribution < 1.29 is 48.3 Å². The van der Waals surface area contributed by atoms with Crippen molar-refractivity contribution in [1.29, 1.82) is 0 Å². The van der Waals surface area contributed by atoms with Crippen LogP contribution in [0.15, 0.2) is 0 Å². The molecule has 20 heavy (non-hydrogen) atoms. The van der Waals surface area contributed by atoms with Crippen LogP contribution in [0, 0.1) is 0 Å². The quantitative estimate of drug-likeness (QED) is 0.301. The molecule has 0 aromatic heterocycles. The summed E-state index contributed by atoms with van der Waals surface area (Å²) in [6, 6.07) is 0. The summed E-state index contributed by atoms with van der Waals surface area (Å²) in [4.78, 5) is 20.5. The molecule has 1 rings (SSSR count). The van der Waals surface area contributed by atoms with Gasteiger partial charge in [0.05, 0.1) is 6.10 Å². The molecule has 12 N–H and O–H groups in total. The standard InChI is InChI=1S/C7H13F2O8P.2H3N/c8-7(9,18(14,15)16)1-2-3(10)4(11)5(12)6(13)17-2;;/h2-6,10-13H,1H2,(H2,14,15,16);2*1H3/t2-,3-,4+,5-,6?;;/m1../s1. The van der Waals surface area contributed by atoms with Crippen molar-refractivity contribution in [2.24, 2.45) is 0 Å². The third-order valence-electron chi connectivity index (χ3n) is 2.53. The number of alkyl halides is 2. The molecule has 0 aromatic rings. The Morgan fingerprint density at radius 2 is 1.50 bits per heavy atom. The van der Waals surface area contributed by atoms with E-state index in [1.165, 1.54) is 0 Å². The number of rotatable bonds is 3. The molecule has 0 spiro atoms. The van der Waals surface area contributed by atoms with E-state index < -0.39 is 50.4 Å². The first-order valence-corrected chi connectivity index (χ1v) is 6.29. The van der Waals surface area contributed by atoms with Gasteiger partial charge in [-0.1, -0.05) is 0 Å². The number of hydrogen-bond donors (Lipinski definition) is 6. The summed E-state index contributed by atoms with van der Waals surface area (Å²) in [6.45, 7) is 0. The van der Waals surface area contributed by atoms with Gasteiger partial charge in [-0.15, -0.1) is 0 Å². The smallest absolute Gasteiger partial charge is 0.274 e. The molecule has 0 aromatic carbocycles. The lowest BCUT2D eigenvalue weighted by atomic mass is 9.97. The summed E-state index contributed by atoms with van der Waals surface area (Å²) < 4.78 is 40.5. The molecule has 0 radical (unpaired) electrons. The van der Waals surface area contributed by atoms with Crippen molar-refractivity contribution in [3.05, 3.63) is 0 Å². The van der Waals surface area contributed by atoms with Crippen LogP contribution < -0.4 is 22.1 Å². The average Bonchev–Trinajstić information content (AvgIpc) is 2.21. The van der Waals surface area contributed by atoms with Gasteiger partial charge in [0.15, 0.2) is 6.29 Å². The van der Waals surface area contributed by atoms with E-state index in [1.807, 2.05) is 0 Å². The molecule has 10 nitrogen and oxygen atoms in total. The van der Waals surface area contributed by atoms with E-state index in [4.69, 9.17) is 10.2 Å². The third kappa shape index (κ3) is 4.36. The van der Waals surface area contributed by atoms with Gasteiger partial charge < -0.3 is 51.8 Å². The molecule has 0 bridgehead atoms. The maximum Gasteiger partial charge on any atom is 0.274 e. The van der Waals surface area contributed by atoms with E-state index in [0.29, 0.717) is 0 Å². The number of hydrogen-bond acceptors (Lipinski definition) is 8. The van der Waals surface area contributed by atoms with Gasteiger partial charge in [-0.25, -0.2) is 8.78 Å². The minimum Gasteiger partial charge on any atom is -0.807 e. The van der Waals surface area contributed by atoms with Gasteiger partial charge >= 0.3 is 0 Å². The number of quaternary nitrogens is 2. The number of aliphatic hydroxyl groups excluding tert-OH is 4. The van der Waals surface area contributed by atoms with Gasteiger partial charge in [0.25, 0.3) is 5.66 Å². The molecule has 0 aliphatic carbocycles. The molecule has 0 saturated carbocycles. The fraction of sp³-hybridized carbons (Fsp3) is 1.00. The molecule has 1 heterocycles. The zero-order chi connectivity index (χ0) is 14.3. The predicted octanol–water partition coefficient (Wildman–Crippen LogP) is -2.56. The maximum atomic E-state index is 12.9. The van der Waals surface area contributed by atoms with Crippen LogP contribution in [0.25, 0.3) is 0 Å². The highest BCUT2D eigenvalue weighted by Crippen LogP contribution is 2.49. The van der Waals surface area contributed by atoms with Gasteiger partial charge in [0.2, 0.25) is 0 Å². The lowest BCUT2D eigenvalue weighted by Crippen LogP contribution is -2.58. The normalized spacial score (nSPS) is 34.9. The van der Waals surface area contributed by atoms with E-state index in [0.717, 1.165) is 0 Å². The lowest BCUT2D eigenvalue weighted by molar-refractivity contribution is -0.339. The molecule has 1 saturated heterocycles. The van der Waals surface area contributed by atoms with Crippen LogP contribution in [0.1, 0.15) is 6.42 Å². The summed E-state index contributed by atoms with van der Waals surface area (Å²) in [6.07, 6.45) is -11.8. The zero-order valence-electron chi connectivity index (χ0n) is 10.7. The van der Waals surface area contributed by atoms with E-state index in [2.05, 4.69) is 4.74 Å². The highest BCUT2D eigenvalue weighted by Gasteiger charge is 2.48. The second-order valence-electron chi connectivity index (χ2n) is 3.90. The number of ether oxygens (including phenoxy) is 1. The van der Waals surface area contributed by atoms with Gasteiger partial charge in [0, 0.05) is 14.0 Å². The molecule has 1 aliphatic rings. The summed E-state index contributed by atoms with van der Waals surface area (Å²) in [5.41, 5.74) is -4.71. The average molecular weight is 328 g/mol. The fourth-order valence-corrected chi connectivity index (χ4v) is 1.86. The van der Waals surface area contributed by atoms with Gasteiger partial charge in [-0.2, -0.15) is 0 Å². The Balaban J connectivity index is 0. The summed E-state index contributed by atoms with van der Waals surface area (Å²) in [5, 5.41) is 36.5. The van der Waals surface area contributed by atoms with Crippen molar-refractivity contribution in [1.82, 2.24) is 12.3 Å². The molecule has 1 aliphatic heterocycles. The van der Waals surface area contributed by atoms with Crippen LogP contribution in [-0.2, 0) is 9.30 Å². The number of aliphatic hydroxyl groups is 4. The molecule has 1 fully saturated rings. The molecule has 1 unspecified atom stereocenters. The molecule has 5 atom stereocenters. The van der Waals surface area contributed by atoms with Crippen molar-refractivity contribution in [2.45, 2.75) is 42.8 Å². The zero-order valence-corrected chi connectivity index (χ0v) is 11.6. The maximum absolute atomic E-state index is 12.9. The second kappa shape index (κ2) is 7.13. The highest BCUT2D eigenvalue weighted by atomic mass is 31.2. The monoisotopic (exact) mass is 328 g/mol. The first kappa shape index (κ1) is 22.0. The first-order chi connectivity index (χ1) is 7.97. The van der Waals surface area contributed by atoms with Gasteiger partial charge in [0.1, 0.15) is 18.3 Å². The second-order valence-corrected chi connectivity index (χ2v) is 5.55. The minimum absolute atomic E-state index is 0.